The number of aryl methyl sites for hydroxylation is 2. The Morgan fingerprint density at radius 2 is 2.19 bits per heavy atom. The third-order valence-corrected chi connectivity index (χ3v) is 4.85. The number of aromatic nitrogens is 3. The number of rotatable bonds is 6. The van der Waals surface area contributed by atoms with E-state index in [1.807, 2.05) is 31.7 Å². The normalized spacial score (nSPS) is 20.4. The average molecular weight is 359 g/mol. The van der Waals surface area contributed by atoms with E-state index in [4.69, 9.17) is 4.42 Å². The molecule has 1 aliphatic rings. The zero-order valence-electron chi connectivity index (χ0n) is 15.4. The number of hydrogen-bond acceptors (Lipinski definition) is 5. The van der Waals surface area contributed by atoms with Crippen molar-refractivity contribution in [3.05, 3.63) is 36.1 Å². The van der Waals surface area contributed by atoms with Crippen molar-refractivity contribution in [2.75, 3.05) is 6.54 Å². The van der Waals surface area contributed by atoms with E-state index in [2.05, 4.69) is 15.3 Å². The first-order chi connectivity index (χ1) is 12.5. The number of hydrogen-bond donors (Lipinski definition) is 1. The van der Waals surface area contributed by atoms with Gasteiger partial charge in [-0.1, -0.05) is 6.92 Å². The molecule has 0 spiro atoms. The number of likely N-dealkylation sites (tertiary alicyclic amines) is 1. The summed E-state index contributed by atoms with van der Waals surface area (Å²) in [6, 6.07) is -0.359. The van der Waals surface area contributed by atoms with Crippen LogP contribution in [0, 0.1) is 5.92 Å². The first-order valence-electron chi connectivity index (χ1n) is 9.03. The second-order valence-electron chi connectivity index (χ2n) is 6.46. The van der Waals surface area contributed by atoms with Gasteiger partial charge >= 0.3 is 0 Å². The van der Waals surface area contributed by atoms with Crippen molar-refractivity contribution in [1.82, 2.24) is 24.8 Å². The quantitative estimate of drug-likeness (QED) is 0.845. The number of nitrogens with one attached hydrogen (secondary N) is 1. The highest BCUT2D eigenvalue weighted by molar-refractivity contribution is 5.84. The minimum atomic E-state index is -0.359. The van der Waals surface area contributed by atoms with E-state index in [1.54, 1.807) is 17.3 Å². The van der Waals surface area contributed by atoms with Crippen LogP contribution in [0.1, 0.15) is 50.2 Å². The second kappa shape index (κ2) is 7.72. The number of piperidine rings is 1. The van der Waals surface area contributed by atoms with Crippen LogP contribution in [0.2, 0.25) is 0 Å². The van der Waals surface area contributed by atoms with Gasteiger partial charge in [-0.15, -0.1) is 0 Å². The van der Waals surface area contributed by atoms with E-state index < -0.39 is 0 Å². The van der Waals surface area contributed by atoms with E-state index in [0.717, 1.165) is 5.82 Å². The number of carbonyl (C=O) groups excluding carboxylic acids is 2. The van der Waals surface area contributed by atoms with Crippen molar-refractivity contribution in [3.63, 3.8) is 0 Å². The topological polar surface area (TPSA) is 93.3 Å². The van der Waals surface area contributed by atoms with Gasteiger partial charge in [0.15, 0.2) is 5.89 Å². The third kappa shape index (κ3) is 3.49. The van der Waals surface area contributed by atoms with Gasteiger partial charge in [-0.2, -0.15) is 0 Å². The van der Waals surface area contributed by atoms with Crippen LogP contribution >= 0.6 is 0 Å². The Morgan fingerprint density at radius 3 is 2.81 bits per heavy atom. The minimum Gasteiger partial charge on any atom is -0.444 e. The Labute approximate surface area is 152 Å². The first kappa shape index (κ1) is 18.2. The lowest BCUT2D eigenvalue weighted by Crippen LogP contribution is -2.48. The molecule has 0 aliphatic carbocycles. The number of imidazole rings is 1. The maximum atomic E-state index is 12.9. The van der Waals surface area contributed by atoms with Gasteiger partial charge in [-0.05, 0) is 13.3 Å². The summed E-state index contributed by atoms with van der Waals surface area (Å²) in [5.41, 5.74) is 0. The van der Waals surface area contributed by atoms with Crippen LogP contribution in [0.25, 0.3) is 0 Å². The molecule has 0 aromatic carbocycles. The molecule has 8 heteroatoms. The molecule has 2 aromatic heterocycles. The van der Waals surface area contributed by atoms with E-state index in [9.17, 15) is 9.59 Å². The summed E-state index contributed by atoms with van der Waals surface area (Å²) in [6.07, 6.45) is 6.75. The largest absolute Gasteiger partial charge is 0.444 e. The molecular weight excluding hydrogens is 334 g/mol. The van der Waals surface area contributed by atoms with Gasteiger partial charge in [0.25, 0.3) is 0 Å². The van der Waals surface area contributed by atoms with Gasteiger partial charge in [-0.25, -0.2) is 9.97 Å². The molecule has 140 valence electrons. The fourth-order valence-electron chi connectivity index (χ4n) is 3.48. The Morgan fingerprint density at radius 1 is 1.38 bits per heavy atom. The molecule has 2 aromatic rings. The molecule has 0 bridgehead atoms. The van der Waals surface area contributed by atoms with Gasteiger partial charge in [-0.3, -0.25) is 9.59 Å². The smallest absolute Gasteiger partial charge is 0.226 e. The Kier molecular flexibility index (Phi) is 5.39. The summed E-state index contributed by atoms with van der Waals surface area (Å²) in [4.78, 5) is 35.5. The predicted octanol–water partition coefficient (Wildman–Crippen LogP) is 1.59. The van der Waals surface area contributed by atoms with Gasteiger partial charge in [0.1, 0.15) is 17.6 Å². The Bertz CT molecular complexity index is 781. The molecule has 3 heterocycles. The molecule has 3 rings (SSSR count). The van der Waals surface area contributed by atoms with Crippen molar-refractivity contribution in [1.29, 1.82) is 0 Å². The molecule has 0 unspecified atom stereocenters. The standard InChI is InChI=1S/C18H25N5O3/c1-4-14-20-10-12(26-14)11-21-18(25)13-6-7-15(24)23(5-2)16(13)17-19-8-9-22(17)3/h8-10,13,16H,4-7,11H2,1-3H3,(H,21,25)/t13-,16-/m0/s1. The van der Waals surface area contributed by atoms with Crippen molar-refractivity contribution < 1.29 is 14.0 Å². The van der Waals surface area contributed by atoms with Gasteiger partial charge in [0, 0.05) is 38.8 Å². The fraction of sp³-hybridized carbons (Fsp3) is 0.556. The zero-order valence-corrected chi connectivity index (χ0v) is 15.4. The molecular formula is C18H25N5O3. The van der Waals surface area contributed by atoms with Crippen molar-refractivity contribution in [2.24, 2.45) is 13.0 Å². The SMILES string of the molecule is CCc1ncc(CNC(=O)[C@H]2CCC(=O)N(CC)[C@@H]2c2nccn2C)o1. The number of amides is 2. The summed E-state index contributed by atoms with van der Waals surface area (Å²) in [5.74, 6) is 1.63. The average Bonchev–Trinajstić information content (AvgIpc) is 3.27. The number of nitrogens with zero attached hydrogens (tertiary/aromatic N) is 4. The number of oxazole rings is 1. The lowest BCUT2D eigenvalue weighted by atomic mass is 9.87. The fourth-order valence-corrected chi connectivity index (χ4v) is 3.48. The summed E-state index contributed by atoms with van der Waals surface area (Å²) in [6.45, 7) is 4.72. The molecule has 8 nitrogen and oxygen atoms in total. The third-order valence-electron chi connectivity index (χ3n) is 4.85. The zero-order chi connectivity index (χ0) is 18.7. The molecule has 1 fully saturated rings. The minimum absolute atomic E-state index is 0.0624. The van der Waals surface area contributed by atoms with E-state index in [0.29, 0.717) is 37.5 Å². The number of carbonyl (C=O) groups is 2. The van der Waals surface area contributed by atoms with E-state index in [1.165, 1.54) is 0 Å². The Balaban J connectivity index is 1.77. The molecule has 1 aliphatic heterocycles. The van der Waals surface area contributed by atoms with Crippen LogP contribution < -0.4 is 5.32 Å². The second-order valence-corrected chi connectivity index (χ2v) is 6.46. The lowest BCUT2D eigenvalue weighted by Gasteiger charge is -2.39. The maximum Gasteiger partial charge on any atom is 0.226 e. The Hall–Kier alpha value is -2.64. The highest BCUT2D eigenvalue weighted by atomic mass is 16.4. The maximum absolute atomic E-state index is 12.9. The van der Waals surface area contributed by atoms with Gasteiger partial charge < -0.3 is 19.2 Å². The molecule has 1 N–H and O–H groups in total. The first-order valence-corrected chi connectivity index (χ1v) is 9.03. The van der Waals surface area contributed by atoms with Crippen molar-refractivity contribution in [3.8, 4) is 0 Å². The van der Waals surface area contributed by atoms with E-state index in [-0.39, 0.29) is 30.3 Å². The molecule has 0 radical (unpaired) electrons. The lowest BCUT2D eigenvalue weighted by molar-refractivity contribution is -0.143. The molecule has 0 saturated carbocycles. The monoisotopic (exact) mass is 359 g/mol. The summed E-state index contributed by atoms with van der Waals surface area (Å²) < 4.78 is 7.41. The van der Waals surface area contributed by atoms with Crippen LogP contribution in [-0.2, 0) is 29.6 Å². The van der Waals surface area contributed by atoms with Crippen LogP contribution in [0.15, 0.2) is 23.0 Å². The van der Waals surface area contributed by atoms with E-state index >= 15 is 0 Å². The summed E-state index contributed by atoms with van der Waals surface area (Å²) >= 11 is 0. The highest BCUT2D eigenvalue weighted by Crippen LogP contribution is 2.35. The summed E-state index contributed by atoms with van der Waals surface area (Å²) in [5, 5.41) is 2.93. The molecule has 2 amide bonds. The predicted molar refractivity (Wildman–Crippen MR) is 93.8 cm³/mol. The van der Waals surface area contributed by atoms with Gasteiger partial charge in [0.2, 0.25) is 11.8 Å². The van der Waals surface area contributed by atoms with Crippen molar-refractivity contribution >= 4 is 11.8 Å². The van der Waals surface area contributed by atoms with Crippen LogP contribution in [-0.4, -0.2) is 37.8 Å². The molecule has 1 saturated heterocycles. The molecule has 2 atom stereocenters. The highest BCUT2D eigenvalue weighted by Gasteiger charge is 2.41. The van der Waals surface area contributed by atoms with Crippen molar-refractivity contribution in [2.45, 2.75) is 45.7 Å². The van der Waals surface area contributed by atoms with Crippen LogP contribution in [0.5, 0.6) is 0 Å². The molecule has 26 heavy (non-hydrogen) atoms. The summed E-state index contributed by atoms with van der Waals surface area (Å²) in [7, 11) is 1.88. The van der Waals surface area contributed by atoms with Crippen LogP contribution in [0.4, 0.5) is 0 Å². The van der Waals surface area contributed by atoms with Crippen LogP contribution in [0.3, 0.4) is 0 Å². The van der Waals surface area contributed by atoms with Gasteiger partial charge in [0.05, 0.1) is 18.7 Å².